The zero-order valence-corrected chi connectivity index (χ0v) is 14.5. The number of thiazole rings is 1. The third kappa shape index (κ3) is 5.66. The molecule has 22 heavy (non-hydrogen) atoms. The molecule has 1 heterocycles. The highest BCUT2D eigenvalue weighted by Crippen LogP contribution is 2.12. The van der Waals surface area contributed by atoms with Crippen LogP contribution in [0.5, 0.6) is 0 Å². The Kier molecular flexibility index (Phi) is 6.68. The third-order valence-corrected chi connectivity index (χ3v) is 4.11. The van der Waals surface area contributed by atoms with Crippen molar-refractivity contribution in [1.82, 2.24) is 15.6 Å². The number of guanidine groups is 1. The molecule has 1 aromatic heterocycles. The summed E-state index contributed by atoms with van der Waals surface area (Å²) in [7, 11) is 0. The summed E-state index contributed by atoms with van der Waals surface area (Å²) in [6.07, 6.45) is 2.79. The first-order chi connectivity index (χ1) is 10.7. The molecule has 2 rings (SSSR count). The Labute approximate surface area is 140 Å². The molecule has 2 N–H and O–H groups in total. The Bertz CT molecular complexity index is 624. The van der Waals surface area contributed by atoms with E-state index < -0.39 is 0 Å². The normalized spacial score (nSPS) is 11.5. The Morgan fingerprint density at radius 1 is 1.36 bits per heavy atom. The van der Waals surface area contributed by atoms with Crippen LogP contribution in [0.25, 0.3) is 0 Å². The van der Waals surface area contributed by atoms with Gasteiger partial charge >= 0.3 is 0 Å². The molecule has 118 valence electrons. The molecule has 6 heteroatoms. The van der Waals surface area contributed by atoms with Crippen LogP contribution < -0.4 is 10.6 Å². The number of nitrogens with one attached hydrogen (secondary N) is 2. The summed E-state index contributed by atoms with van der Waals surface area (Å²) in [4.78, 5) is 10.1. The molecule has 0 saturated heterocycles. The number of aromatic nitrogens is 1. The van der Waals surface area contributed by atoms with Crippen molar-refractivity contribution < 1.29 is 0 Å². The van der Waals surface area contributed by atoms with E-state index in [4.69, 9.17) is 11.6 Å². The van der Waals surface area contributed by atoms with Gasteiger partial charge in [0.25, 0.3) is 0 Å². The second kappa shape index (κ2) is 8.76. The van der Waals surface area contributed by atoms with Gasteiger partial charge in [-0.2, -0.15) is 0 Å². The second-order valence-electron chi connectivity index (χ2n) is 4.87. The standard InChI is InChI=1S/C16H21ClN4S/c1-3-18-16(21-11-15-20-10-12(2)22-15)19-8-7-13-5-4-6-14(17)9-13/h4-6,9-10H,3,7-8,11H2,1-2H3,(H2,18,19,21). The van der Waals surface area contributed by atoms with Crippen LogP contribution in [0.15, 0.2) is 35.5 Å². The monoisotopic (exact) mass is 336 g/mol. The van der Waals surface area contributed by atoms with Crippen molar-refractivity contribution in [1.29, 1.82) is 0 Å². The van der Waals surface area contributed by atoms with Gasteiger partial charge in [0.15, 0.2) is 5.96 Å². The number of nitrogens with zero attached hydrogens (tertiary/aromatic N) is 2. The second-order valence-corrected chi connectivity index (χ2v) is 6.62. The fourth-order valence-electron chi connectivity index (χ4n) is 1.98. The first kappa shape index (κ1) is 16.8. The van der Waals surface area contributed by atoms with Gasteiger partial charge in [-0.05, 0) is 38.0 Å². The molecule has 0 unspecified atom stereocenters. The molecule has 2 aromatic rings. The molecule has 0 aliphatic heterocycles. The minimum atomic E-state index is 0.602. The van der Waals surface area contributed by atoms with E-state index in [-0.39, 0.29) is 0 Å². The average Bonchev–Trinajstić information content (AvgIpc) is 2.90. The summed E-state index contributed by atoms with van der Waals surface area (Å²) in [5.74, 6) is 0.817. The van der Waals surface area contributed by atoms with E-state index in [9.17, 15) is 0 Å². The summed E-state index contributed by atoms with van der Waals surface area (Å²) in [5.41, 5.74) is 1.21. The highest BCUT2D eigenvalue weighted by Gasteiger charge is 2.01. The van der Waals surface area contributed by atoms with Gasteiger partial charge in [0, 0.05) is 29.2 Å². The van der Waals surface area contributed by atoms with Gasteiger partial charge < -0.3 is 10.6 Å². The summed E-state index contributed by atoms with van der Waals surface area (Å²) < 4.78 is 0. The number of aliphatic imine (C=N–C) groups is 1. The van der Waals surface area contributed by atoms with Crippen molar-refractivity contribution in [2.24, 2.45) is 4.99 Å². The van der Waals surface area contributed by atoms with Crippen LogP contribution in [0, 0.1) is 6.92 Å². The summed E-state index contributed by atoms with van der Waals surface area (Å²) in [5, 5.41) is 8.39. The molecule has 0 atom stereocenters. The molecule has 0 bridgehead atoms. The van der Waals surface area contributed by atoms with E-state index >= 15 is 0 Å². The lowest BCUT2D eigenvalue weighted by Gasteiger charge is -2.11. The number of benzene rings is 1. The van der Waals surface area contributed by atoms with E-state index in [0.717, 1.165) is 35.5 Å². The average molecular weight is 337 g/mol. The summed E-state index contributed by atoms with van der Waals surface area (Å²) in [6.45, 7) is 6.36. The maximum atomic E-state index is 5.99. The zero-order chi connectivity index (χ0) is 15.8. The lowest BCUT2D eigenvalue weighted by molar-refractivity contribution is 0.799. The SMILES string of the molecule is CCNC(=NCc1ncc(C)s1)NCCc1cccc(Cl)c1. The first-order valence-corrected chi connectivity index (χ1v) is 8.54. The molecule has 4 nitrogen and oxygen atoms in total. The zero-order valence-electron chi connectivity index (χ0n) is 12.9. The molecule has 0 saturated carbocycles. The Morgan fingerprint density at radius 3 is 2.91 bits per heavy atom. The van der Waals surface area contributed by atoms with Gasteiger partial charge in [0.2, 0.25) is 0 Å². The van der Waals surface area contributed by atoms with Crippen molar-refractivity contribution in [3.8, 4) is 0 Å². The van der Waals surface area contributed by atoms with Crippen molar-refractivity contribution in [3.63, 3.8) is 0 Å². The van der Waals surface area contributed by atoms with E-state index in [1.165, 1.54) is 10.4 Å². The van der Waals surface area contributed by atoms with Crippen molar-refractivity contribution in [3.05, 3.63) is 50.9 Å². The van der Waals surface area contributed by atoms with Crippen LogP contribution in [0.2, 0.25) is 5.02 Å². The molecule has 0 radical (unpaired) electrons. The first-order valence-electron chi connectivity index (χ1n) is 7.35. The molecule has 0 fully saturated rings. The molecule has 0 spiro atoms. The van der Waals surface area contributed by atoms with E-state index in [0.29, 0.717) is 6.54 Å². The minimum Gasteiger partial charge on any atom is -0.357 e. The van der Waals surface area contributed by atoms with Gasteiger partial charge in [-0.15, -0.1) is 11.3 Å². The molecular formula is C16H21ClN4S. The fraction of sp³-hybridized carbons (Fsp3) is 0.375. The van der Waals surface area contributed by atoms with E-state index in [1.54, 1.807) is 11.3 Å². The van der Waals surface area contributed by atoms with Crippen LogP contribution in [0.3, 0.4) is 0 Å². The van der Waals surface area contributed by atoms with Crippen LogP contribution in [0.4, 0.5) is 0 Å². The predicted molar refractivity (Wildman–Crippen MR) is 94.8 cm³/mol. The van der Waals surface area contributed by atoms with Gasteiger partial charge in [0.05, 0.1) is 6.54 Å². The lowest BCUT2D eigenvalue weighted by Crippen LogP contribution is -2.38. The van der Waals surface area contributed by atoms with Gasteiger partial charge in [-0.25, -0.2) is 9.98 Å². The van der Waals surface area contributed by atoms with Crippen molar-refractivity contribution in [2.75, 3.05) is 13.1 Å². The number of hydrogen-bond acceptors (Lipinski definition) is 3. The smallest absolute Gasteiger partial charge is 0.191 e. The number of rotatable bonds is 6. The third-order valence-electron chi connectivity index (χ3n) is 2.98. The van der Waals surface area contributed by atoms with Crippen LogP contribution in [-0.4, -0.2) is 24.0 Å². The number of hydrogen-bond donors (Lipinski definition) is 2. The van der Waals surface area contributed by atoms with Crippen LogP contribution >= 0.6 is 22.9 Å². The Hall–Kier alpha value is -1.59. The van der Waals surface area contributed by atoms with E-state index in [1.807, 2.05) is 24.4 Å². The molecular weight excluding hydrogens is 316 g/mol. The maximum absolute atomic E-state index is 5.99. The Morgan fingerprint density at radius 2 is 2.23 bits per heavy atom. The van der Waals surface area contributed by atoms with Gasteiger partial charge in [-0.3, -0.25) is 0 Å². The predicted octanol–water partition coefficient (Wildman–Crippen LogP) is 3.40. The molecule has 1 aromatic carbocycles. The minimum absolute atomic E-state index is 0.602. The number of aryl methyl sites for hydroxylation is 1. The summed E-state index contributed by atoms with van der Waals surface area (Å²) in [6, 6.07) is 7.93. The van der Waals surface area contributed by atoms with Gasteiger partial charge in [-0.1, -0.05) is 23.7 Å². The van der Waals surface area contributed by atoms with Crippen molar-refractivity contribution >= 4 is 28.9 Å². The fourth-order valence-corrected chi connectivity index (χ4v) is 2.91. The quantitative estimate of drug-likeness (QED) is 0.628. The topological polar surface area (TPSA) is 49.3 Å². The lowest BCUT2D eigenvalue weighted by atomic mass is 10.1. The van der Waals surface area contributed by atoms with E-state index in [2.05, 4.69) is 40.5 Å². The molecule has 0 amide bonds. The largest absolute Gasteiger partial charge is 0.357 e. The highest BCUT2D eigenvalue weighted by molar-refractivity contribution is 7.11. The van der Waals surface area contributed by atoms with Crippen LogP contribution in [0.1, 0.15) is 22.4 Å². The number of halogens is 1. The molecule has 0 aliphatic rings. The molecule has 0 aliphatic carbocycles. The van der Waals surface area contributed by atoms with Crippen molar-refractivity contribution in [2.45, 2.75) is 26.8 Å². The Balaban J connectivity index is 1.85. The highest BCUT2D eigenvalue weighted by atomic mass is 35.5. The maximum Gasteiger partial charge on any atom is 0.191 e. The van der Waals surface area contributed by atoms with Crippen LogP contribution in [-0.2, 0) is 13.0 Å². The summed E-state index contributed by atoms with van der Waals surface area (Å²) >= 11 is 7.68. The van der Waals surface area contributed by atoms with Gasteiger partial charge in [0.1, 0.15) is 5.01 Å².